The summed E-state index contributed by atoms with van der Waals surface area (Å²) < 4.78 is 37.2. The van der Waals surface area contributed by atoms with Crippen LogP contribution >= 0.6 is 0 Å². The fraction of sp³-hybridized carbons (Fsp3) is 0.619. The predicted molar refractivity (Wildman–Crippen MR) is 199 cm³/mol. The number of hydrogen-bond acceptors (Lipinski definition) is 10. The molecule has 5 aliphatic rings. The second-order valence-electron chi connectivity index (χ2n) is 15.6. The van der Waals surface area contributed by atoms with Crippen LogP contribution in [0.1, 0.15) is 78.7 Å². The van der Waals surface area contributed by atoms with Gasteiger partial charge in [-0.25, -0.2) is 4.79 Å². The smallest absolute Gasteiger partial charge is 0.411 e. The third-order valence-electron chi connectivity index (χ3n) is 11.8. The summed E-state index contributed by atoms with van der Waals surface area (Å²) in [5.74, 6) is -2.14. The molecule has 1 amide bonds. The Morgan fingerprint density at radius 3 is 2.60 bits per heavy atom. The Labute approximate surface area is 313 Å². The highest BCUT2D eigenvalue weighted by atomic mass is 16.7. The second-order valence-corrected chi connectivity index (χ2v) is 15.6. The van der Waals surface area contributed by atoms with Gasteiger partial charge in [-0.2, -0.15) is 0 Å². The molecule has 0 saturated carbocycles. The first-order valence-electron chi connectivity index (χ1n) is 19.2. The van der Waals surface area contributed by atoms with E-state index in [4.69, 9.17) is 23.7 Å². The van der Waals surface area contributed by atoms with Crippen molar-refractivity contribution < 1.29 is 48.2 Å². The van der Waals surface area contributed by atoms with Crippen molar-refractivity contribution in [2.45, 2.75) is 128 Å². The summed E-state index contributed by atoms with van der Waals surface area (Å²) in [6.07, 6.45) is 10.6. The molecular formula is C42H57NO10. The molecule has 0 radical (unpaired) electrons. The number of nitrogens with one attached hydrogen (secondary N) is 1. The number of hydrogen-bond donors (Lipinski definition) is 3. The molecule has 1 aromatic carbocycles. The molecule has 3 saturated heterocycles. The maximum Gasteiger partial charge on any atom is 0.411 e. The topological polar surface area (TPSA) is 142 Å². The number of ether oxygens (including phenoxy) is 6. The van der Waals surface area contributed by atoms with E-state index < -0.39 is 47.7 Å². The van der Waals surface area contributed by atoms with Crippen molar-refractivity contribution in [1.29, 1.82) is 0 Å². The fourth-order valence-electron chi connectivity index (χ4n) is 8.68. The van der Waals surface area contributed by atoms with Crippen molar-refractivity contribution >= 4 is 17.7 Å². The summed E-state index contributed by atoms with van der Waals surface area (Å²) >= 11 is 0. The van der Waals surface area contributed by atoms with Crippen molar-refractivity contribution in [2.75, 3.05) is 25.6 Å². The Morgan fingerprint density at radius 1 is 1.09 bits per heavy atom. The molecule has 11 atom stereocenters. The lowest BCUT2D eigenvalue weighted by Crippen LogP contribution is -2.58. The van der Waals surface area contributed by atoms with Gasteiger partial charge in [0.25, 0.3) is 0 Å². The van der Waals surface area contributed by atoms with Crippen LogP contribution in [0.25, 0.3) is 0 Å². The zero-order valence-corrected chi connectivity index (χ0v) is 31.9. The van der Waals surface area contributed by atoms with Crippen LogP contribution in [-0.4, -0.2) is 90.6 Å². The van der Waals surface area contributed by atoms with Gasteiger partial charge < -0.3 is 38.6 Å². The molecule has 290 valence electrons. The molecule has 1 spiro atoms. The van der Waals surface area contributed by atoms with Crippen LogP contribution in [0.15, 0.2) is 71.4 Å². The summed E-state index contributed by atoms with van der Waals surface area (Å²) in [4.78, 5) is 25.7. The van der Waals surface area contributed by atoms with Crippen LogP contribution in [-0.2, 0) is 39.6 Å². The highest BCUT2D eigenvalue weighted by Crippen LogP contribution is 2.47. The van der Waals surface area contributed by atoms with Gasteiger partial charge in [-0.05, 0) is 79.9 Å². The summed E-state index contributed by atoms with van der Waals surface area (Å²) in [5.41, 5.74) is 2.06. The third kappa shape index (κ3) is 8.50. The maximum absolute atomic E-state index is 14.1. The second kappa shape index (κ2) is 16.6. The van der Waals surface area contributed by atoms with E-state index in [-0.39, 0.29) is 30.8 Å². The van der Waals surface area contributed by atoms with Crippen molar-refractivity contribution in [2.24, 2.45) is 17.8 Å². The molecule has 1 aromatic rings. The molecule has 4 aliphatic heterocycles. The third-order valence-corrected chi connectivity index (χ3v) is 11.8. The van der Waals surface area contributed by atoms with Gasteiger partial charge in [-0.3, -0.25) is 10.1 Å². The highest BCUT2D eigenvalue weighted by molar-refractivity contribution is 5.84. The Balaban J connectivity index is 1.29. The standard InChI is InChI=1S/C42H57NO10/c1-7-35-25(2)17-19-41(53-35)23-33-22-32(52-41)16-11-27(4)37(49-20-18-29-12-14-31(15-13-29)43-40(46)48-6)26(3)9-8-10-30-24-50-38-36(44)28(5)21-34(39(45)51-33)42(30,38)47/h8-15,21,25-26,32-38,44,47H,7,16-20,22-24H2,1-6H3,(H,43,46)/b9-8+,27-11+,30-10+/t25-,26-,32+,33-,34-,35+,36+,37+,38+,41+,42+/m0/s1. The first-order valence-corrected chi connectivity index (χ1v) is 19.2. The lowest BCUT2D eigenvalue weighted by Gasteiger charge is -2.50. The van der Waals surface area contributed by atoms with Gasteiger partial charge in [-0.1, -0.05) is 63.3 Å². The van der Waals surface area contributed by atoms with Gasteiger partial charge in [0.15, 0.2) is 5.79 Å². The van der Waals surface area contributed by atoms with E-state index in [2.05, 4.69) is 43.8 Å². The van der Waals surface area contributed by atoms with Gasteiger partial charge >= 0.3 is 12.1 Å². The number of carbonyl (C=O) groups excluding carboxylic acids is 2. The van der Waals surface area contributed by atoms with Gasteiger partial charge in [0.2, 0.25) is 0 Å². The average molecular weight is 736 g/mol. The van der Waals surface area contributed by atoms with Gasteiger partial charge in [-0.15, -0.1) is 0 Å². The van der Waals surface area contributed by atoms with Crippen LogP contribution in [0.5, 0.6) is 0 Å². The van der Waals surface area contributed by atoms with Gasteiger partial charge in [0.1, 0.15) is 29.8 Å². The minimum Gasteiger partial charge on any atom is -0.462 e. The molecule has 3 fully saturated rings. The zero-order valence-electron chi connectivity index (χ0n) is 31.9. The normalized spacial score (nSPS) is 40.1. The van der Waals surface area contributed by atoms with Crippen molar-refractivity contribution in [3.05, 3.63) is 76.9 Å². The van der Waals surface area contributed by atoms with Crippen LogP contribution in [0.2, 0.25) is 0 Å². The van der Waals surface area contributed by atoms with E-state index in [1.165, 1.54) is 7.11 Å². The summed E-state index contributed by atoms with van der Waals surface area (Å²) in [7, 11) is 1.33. The lowest BCUT2D eigenvalue weighted by atomic mass is 9.71. The first-order chi connectivity index (χ1) is 25.4. The number of amides is 1. The molecule has 4 heterocycles. The first kappa shape index (κ1) is 39.4. The molecule has 11 heteroatoms. The van der Waals surface area contributed by atoms with Crippen molar-refractivity contribution in [1.82, 2.24) is 0 Å². The van der Waals surface area contributed by atoms with Gasteiger partial charge in [0, 0.05) is 30.9 Å². The molecule has 6 rings (SSSR count). The summed E-state index contributed by atoms with van der Waals surface area (Å²) in [6, 6.07) is 7.58. The molecule has 3 N–H and O–H groups in total. The lowest BCUT2D eigenvalue weighted by molar-refractivity contribution is -0.335. The summed E-state index contributed by atoms with van der Waals surface area (Å²) in [6.45, 7) is 10.8. The molecule has 1 aliphatic carbocycles. The van der Waals surface area contributed by atoms with E-state index in [1.54, 1.807) is 19.1 Å². The zero-order chi connectivity index (χ0) is 37.9. The predicted octanol–water partition coefficient (Wildman–Crippen LogP) is 6.34. The number of allylic oxidation sites excluding steroid dienone is 2. The number of benzene rings is 1. The minimum atomic E-state index is -1.78. The van der Waals surface area contributed by atoms with E-state index in [9.17, 15) is 19.8 Å². The molecular weight excluding hydrogens is 678 g/mol. The molecule has 0 unspecified atom stereocenters. The largest absolute Gasteiger partial charge is 0.462 e. The monoisotopic (exact) mass is 735 g/mol. The number of carbonyl (C=O) groups is 2. The Kier molecular flexibility index (Phi) is 12.3. The maximum atomic E-state index is 14.1. The number of methoxy groups -OCH3 is 1. The molecule has 0 aromatic heterocycles. The van der Waals surface area contributed by atoms with Gasteiger partial charge in [0.05, 0.1) is 38.6 Å². The van der Waals surface area contributed by atoms with Crippen LogP contribution in [0.3, 0.4) is 0 Å². The number of fused-ring (bicyclic) bond motifs is 2. The van der Waals surface area contributed by atoms with Crippen molar-refractivity contribution in [3.63, 3.8) is 0 Å². The number of aliphatic hydroxyl groups is 2. The van der Waals surface area contributed by atoms with E-state index in [1.807, 2.05) is 36.4 Å². The van der Waals surface area contributed by atoms with Crippen LogP contribution in [0.4, 0.5) is 10.5 Å². The SMILES string of the molecule is CC[C@H]1O[C@]2(CC[C@@H]1C)C[C@@H]1C[C@@H](C/C=C(\C)[C@H](OCCc3ccc(NC(=O)OC)cc3)[C@@H](C)/C=C/C=C3\CO[C@@H]4[C@H](O)C(C)=C[C@@H](C(=O)O1)[C@]34O)O2. The molecule has 53 heavy (non-hydrogen) atoms. The molecule has 2 bridgehead atoms. The summed E-state index contributed by atoms with van der Waals surface area (Å²) in [5, 5.41) is 26.1. The van der Waals surface area contributed by atoms with E-state index in [0.29, 0.717) is 61.5 Å². The Hall–Kier alpha value is -3.32. The quantitative estimate of drug-likeness (QED) is 0.224. The number of anilines is 1. The fourth-order valence-corrected chi connectivity index (χ4v) is 8.68. The Morgan fingerprint density at radius 2 is 1.87 bits per heavy atom. The van der Waals surface area contributed by atoms with E-state index in [0.717, 1.165) is 24.0 Å². The van der Waals surface area contributed by atoms with Crippen molar-refractivity contribution in [3.8, 4) is 0 Å². The molecule has 11 nitrogen and oxygen atoms in total. The van der Waals surface area contributed by atoms with Crippen LogP contribution < -0.4 is 5.32 Å². The number of aliphatic hydroxyl groups excluding tert-OH is 1. The number of rotatable bonds is 6. The highest BCUT2D eigenvalue weighted by Gasteiger charge is 2.60. The van der Waals surface area contributed by atoms with E-state index >= 15 is 0 Å². The Bertz CT molecular complexity index is 1600. The average Bonchev–Trinajstić information content (AvgIpc) is 3.48. The minimum absolute atomic E-state index is 0.0370. The van der Waals surface area contributed by atoms with Crippen LogP contribution in [0, 0.1) is 17.8 Å². The number of esters is 1.